The predicted molar refractivity (Wildman–Crippen MR) is 112 cm³/mol. The lowest BCUT2D eigenvalue weighted by molar-refractivity contribution is -0.134. The lowest BCUT2D eigenvalue weighted by Crippen LogP contribution is -2.51. The molecule has 9 heteroatoms. The number of pyridine rings is 1. The molecule has 0 saturated carbocycles. The highest BCUT2D eigenvalue weighted by molar-refractivity contribution is 5.97. The molecule has 1 aromatic heterocycles. The van der Waals surface area contributed by atoms with Crippen LogP contribution in [0, 0.1) is 0 Å². The molecule has 0 radical (unpaired) electrons. The molecule has 1 aromatic carbocycles. The smallest absolute Gasteiger partial charge is 0.410 e. The normalized spacial score (nSPS) is 15.0. The van der Waals surface area contributed by atoms with Crippen molar-refractivity contribution >= 4 is 17.9 Å². The number of aliphatic hydroxyl groups excluding tert-OH is 1. The van der Waals surface area contributed by atoms with E-state index in [1.165, 1.54) is 24.5 Å². The molecule has 1 atom stereocenters. The van der Waals surface area contributed by atoms with Crippen molar-refractivity contribution < 1.29 is 24.2 Å². The first-order valence-electron chi connectivity index (χ1n) is 10.1. The van der Waals surface area contributed by atoms with Crippen molar-refractivity contribution in [1.29, 1.82) is 0 Å². The molecule has 1 aliphatic rings. The van der Waals surface area contributed by atoms with E-state index in [1.807, 2.05) is 30.3 Å². The molecule has 1 aliphatic heterocycles. The molecule has 0 bridgehead atoms. The van der Waals surface area contributed by atoms with Gasteiger partial charge in [0.15, 0.2) is 0 Å². The van der Waals surface area contributed by atoms with Gasteiger partial charge in [-0.2, -0.15) is 0 Å². The highest BCUT2D eigenvalue weighted by Crippen LogP contribution is 2.09. The van der Waals surface area contributed by atoms with Gasteiger partial charge in [0, 0.05) is 44.1 Å². The molecule has 0 spiro atoms. The second-order valence-electron chi connectivity index (χ2n) is 7.15. The summed E-state index contributed by atoms with van der Waals surface area (Å²) in [6, 6.07) is 11.4. The predicted octanol–water partition coefficient (Wildman–Crippen LogP) is 1.04. The van der Waals surface area contributed by atoms with Gasteiger partial charge in [-0.05, 0) is 24.1 Å². The monoisotopic (exact) mass is 426 g/mol. The minimum atomic E-state index is -1.06. The number of carbonyl (C=O) groups is 3. The second kappa shape index (κ2) is 11.1. The molecule has 2 heterocycles. The maximum absolute atomic E-state index is 12.8. The maximum Gasteiger partial charge on any atom is 0.410 e. The standard InChI is InChI=1S/C22H26N4O5/c27-15-19(24-20(28)18-7-9-23-10-8-18)21(29)25-11-4-12-26(14-13-25)22(30)31-16-17-5-2-1-3-6-17/h1-3,5-10,19,27H,4,11-16H2,(H,24,28)/t19-/m0/s1. The molecule has 31 heavy (non-hydrogen) atoms. The van der Waals surface area contributed by atoms with Gasteiger partial charge in [-0.15, -0.1) is 0 Å². The van der Waals surface area contributed by atoms with Crippen LogP contribution in [0.4, 0.5) is 4.79 Å². The average molecular weight is 426 g/mol. The Hall–Kier alpha value is -3.46. The Labute approximate surface area is 180 Å². The van der Waals surface area contributed by atoms with Crippen LogP contribution >= 0.6 is 0 Å². The van der Waals surface area contributed by atoms with Crippen molar-refractivity contribution in [2.45, 2.75) is 19.1 Å². The Morgan fingerprint density at radius 1 is 1.00 bits per heavy atom. The Balaban J connectivity index is 1.51. The van der Waals surface area contributed by atoms with Crippen LogP contribution in [0.2, 0.25) is 0 Å². The van der Waals surface area contributed by atoms with Crippen LogP contribution in [-0.2, 0) is 16.1 Å². The van der Waals surface area contributed by atoms with Crippen molar-refractivity contribution in [2.24, 2.45) is 0 Å². The maximum atomic E-state index is 12.8. The molecule has 1 saturated heterocycles. The SMILES string of the molecule is O=C(N[C@@H](CO)C(=O)N1CCCN(C(=O)OCc2ccccc2)CC1)c1ccncc1. The Morgan fingerprint density at radius 3 is 2.39 bits per heavy atom. The van der Waals surface area contributed by atoms with Gasteiger partial charge < -0.3 is 25.0 Å². The summed E-state index contributed by atoms with van der Waals surface area (Å²) in [7, 11) is 0. The number of nitrogens with zero attached hydrogens (tertiary/aromatic N) is 3. The molecular weight excluding hydrogens is 400 g/mol. The Bertz CT molecular complexity index is 878. The van der Waals surface area contributed by atoms with E-state index in [2.05, 4.69) is 10.3 Å². The first kappa shape index (κ1) is 22.2. The average Bonchev–Trinajstić information content (AvgIpc) is 3.08. The summed E-state index contributed by atoms with van der Waals surface area (Å²) in [6.45, 7) is 1.16. The lowest BCUT2D eigenvalue weighted by atomic mass is 10.2. The Morgan fingerprint density at radius 2 is 1.68 bits per heavy atom. The van der Waals surface area contributed by atoms with Crippen LogP contribution < -0.4 is 5.32 Å². The number of ether oxygens (including phenoxy) is 1. The van der Waals surface area contributed by atoms with Gasteiger partial charge in [-0.3, -0.25) is 14.6 Å². The molecule has 2 aromatic rings. The number of nitrogens with one attached hydrogen (secondary N) is 1. The number of aliphatic hydroxyl groups is 1. The summed E-state index contributed by atoms with van der Waals surface area (Å²) in [6.07, 6.45) is 3.10. The number of aromatic nitrogens is 1. The molecule has 3 amide bonds. The van der Waals surface area contributed by atoms with Crippen LogP contribution in [0.25, 0.3) is 0 Å². The van der Waals surface area contributed by atoms with Gasteiger partial charge in [0.05, 0.1) is 6.61 Å². The van der Waals surface area contributed by atoms with Gasteiger partial charge in [0.1, 0.15) is 12.6 Å². The molecule has 0 unspecified atom stereocenters. The topological polar surface area (TPSA) is 112 Å². The summed E-state index contributed by atoms with van der Waals surface area (Å²) in [5.41, 5.74) is 1.25. The third-order valence-electron chi connectivity index (χ3n) is 5.00. The van der Waals surface area contributed by atoms with Crippen LogP contribution in [0.15, 0.2) is 54.9 Å². The van der Waals surface area contributed by atoms with E-state index in [9.17, 15) is 19.5 Å². The van der Waals surface area contributed by atoms with Gasteiger partial charge in [0.25, 0.3) is 5.91 Å². The zero-order valence-corrected chi connectivity index (χ0v) is 17.1. The number of benzene rings is 1. The molecule has 2 N–H and O–H groups in total. The van der Waals surface area contributed by atoms with E-state index >= 15 is 0 Å². The first-order valence-corrected chi connectivity index (χ1v) is 10.1. The van der Waals surface area contributed by atoms with Gasteiger partial charge in [-0.1, -0.05) is 30.3 Å². The van der Waals surface area contributed by atoms with Crippen molar-refractivity contribution in [1.82, 2.24) is 20.1 Å². The number of hydrogen-bond acceptors (Lipinski definition) is 6. The zero-order chi connectivity index (χ0) is 22.1. The van der Waals surface area contributed by atoms with E-state index in [0.29, 0.717) is 38.2 Å². The van der Waals surface area contributed by atoms with Crippen molar-refractivity contribution in [2.75, 3.05) is 32.8 Å². The van der Waals surface area contributed by atoms with Crippen molar-refractivity contribution in [3.05, 3.63) is 66.0 Å². The number of rotatable bonds is 6. The van der Waals surface area contributed by atoms with E-state index in [0.717, 1.165) is 5.56 Å². The van der Waals surface area contributed by atoms with Crippen LogP contribution in [0.3, 0.4) is 0 Å². The summed E-state index contributed by atoms with van der Waals surface area (Å²) in [4.78, 5) is 44.5. The highest BCUT2D eigenvalue weighted by atomic mass is 16.6. The molecule has 1 fully saturated rings. The summed E-state index contributed by atoms with van der Waals surface area (Å²) in [5, 5.41) is 12.2. The van der Waals surface area contributed by atoms with Crippen molar-refractivity contribution in [3.63, 3.8) is 0 Å². The van der Waals surface area contributed by atoms with E-state index in [1.54, 1.807) is 9.80 Å². The number of amides is 3. The van der Waals surface area contributed by atoms with Gasteiger partial charge in [-0.25, -0.2) is 4.79 Å². The number of carbonyl (C=O) groups excluding carboxylic acids is 3. The summed E-state index contributed by atoms with van der Waals surface area (Å²) in [5.74, 6) is -0.847. The zero-order valence-electron chi connectivity index (χ0n) is 17.1. The number of hydrogen-bond donors (Lipinski definition) is 2. The van der Waals surface area contributed by atoms with Crippen molar-refractivity contribution in [3.8, 4) is 0 Å². The molecule has 9 nitrogen and oxygen atoms in total. The molecule has 3 rings (SSSR count). The van der Waals surface area contributed by atoms with Crippen LogP contribution in [-0.4, -0.2) is 76.6 Å². The summed E-state index contributed by atoms with van der Waals surface area (Å²) >= 11 is 0. The highest BCUT2D eigenvalue weighted by Gasteiger charge is 2.28. The third-order valence-corrected chi connectivity index (χ3v) is 5.00. The van der Waals surface area contributed by atoms with Gasteiger partial charge in [0.2, 0.25) is 5.91 Å². The first-order chi connectivity index (χ1) is 15.1. The second-order valence-corrected chi connectivity index (χ2v) is 7.15. The van der Waals surface area contributed by atoms with Crippen LogP contribution in [0.5, 0.6) is 0 Å². The molecule has 164 valence electrons. The summed E-state index contributed by atoms with van der Waals surface area (Å²) < 4.78 is 5.37. The quantitative estimate of drug-likeness (QED) is 0.714. The third kappa shape index (κ3) is 6.26. The lowest BCUT2D eigenvalue weighted by Gasteiger charge is -2.26. The molecule has 0 aliphatic carbocycles. The molecular formula is C22H26N4O5. The van der Waals surface area contributed by atoms with Crippen LogP contribution in [0.1, 0.15) is 22.3 Å². The minimum absolute atomic E-state index is 0.187. The van der Waals surface area contributed by atoms with Gasteiger partial charge >= 0.3 is 6.09 Å². The fourth-order valence-corrected chi connectivity index (χ4v) is 3.28. The fraction of sp³-hybridized carbons (Fsp3) is 0.364. The van der Waals surface area contributed by atoms with E-state index in [4.69, 9.17) is 4.74 Å². The van der Waals surface area contributed by atoms with E-state index in [-0.39, 0.29) is 12.5 Å². The fourth-order valence-electron chi connectivity index (χ4n) is 3.28. The Kier molecular flexibility index (Phi) is 7.94. The largest absolute Gasteiger partial charge is 0.445 e. The minimum Gasteiger partial charge on any atom is -0.445 e. The van der Waals surface area contributed by atoms with E-state index < -0.39 is 24.6 Å².